The summed E-state index contributed by atoms with van der Waals surface area (Å²) in [6.07, 6.45) is -2.56. The number of ether oxygens (including phenoxy) is 1. The molecule has 0 atom stereocenters. The molecule has 3 heterocycles. The minimum atomic E-state index is -2.56. The van der Waals surface area contributed by atoms with E-state index in [9.17, 15) is 13.6 Å². The Labute approximate surface area is 221 Å². The molecular formula is C25H33F2N7O3Si. The number of rotatable bonds is 9. The molecular weight excluding hydrogens is 512 g/mol. The third-order valence-electron chi connectivity index (χ3n) is 6.95. The number of amides is 1. The maximum absolute atomic E-state index is 13.1. The van der Waals surface area contributed by atoms with Gasteiger partial charge in [0.1, 0.15) is 18.0 Å². The maximum Gasteiger partial charge on any atom is 0.263 e. The first-order valence-corrected chi connectivity index (χ1v) is 15.3. The summed E-state index contributed by atoms with van der Waals surface area (Å²) in [5, 5.41) is 19.8. The molecule has 3 aromatic rings. The SMILES string of the molecule is CC(C)(C)[Si](C)(C)OCc1nnn(-c2ccc(C(F)F)cc2)c1COc1ccc(N2CCNC(=O)C2)nn1. The molecule has 38 heavy (non-hydrogen) atoms. The standard InChI is InChI=1S/C25H33F2N7O3Si/c1-25(2,3)38(4,5)37-15-19-20(34(32-29-19)18-8-6-17(7-9-18)24(26)27)16-36-23-11-10-21(30-31-23)33-13-12-28-22(35)14-33/h6-11,24H,12-16H2,1-5H3,(H,28,35). The van der Waals surface area contributed by atoms with E-state index in [0.29, 0.717) is 36.0 Å². The zero-order chi connectivity index (χ0) is 27.5. The van der Waals surface area contributed by atoms with E-state index < -0.39 is 14.7 Å². The first kappa shape index (κ1) is 27.6. The summed E-state index contributed by atoms with van der Waals surface area (Å²) < 4.78 is 40.0. The normalized spacial score (nSPS) is 14.6. The van der Waals surface area contributed by atoms with E-state index in [2.05, 4.69) is 59.7 Å². The predicted molar refractivity (Wildman–Crippen MR) is 140 cm³/mol. The van der Waals surface area contributed by atoms with Crippen LogP contribution in [0, 0.1) is 0 Å². The molecule has 10 nitrogen and oxygen atoms in total. The van der Waals surface area contributed by atoms with Crippen molar-refractivity contribution in [1.82, 2.24) is 30.5 Å². The Morgan fingerprint density at radius 1 is 1.05 bits per heavy atom. The van der Waals surface area contributed by atoms with Crippen LogP contribution in [0.4, 0.5) is 14.6 Å². The van der Waals surface area contributed by atoms with Crippen molar-refractivity contribution in [2.45, 2.75) is 58.5 Å². The number of nitrogens with zero attached hydrogens (tertiary/aromatic N) is 6. The van der Waals surface area contributed by atoms with Gasteiger partial charge in [0.15, 0.2) is 14.1 Å². The van der Waals surface area contributed by atoms with Crippen molar-refractivity contribution in [2.75, 3.05) is 24.5 Å². The van der Waals surface area contributed by atoms with Crippen LogP contribution in [-0.4, -0.2) is 59.1 Å². The number of halogens is 2. The number of aromatic nitrogens is 5. The molecule has 204 valence electrons. The first-order valence-electron chi connectivity index (χ1n) is 12.4. The highest BCUT2D eigenvalue weighted by Crippen LogP contribution is 2.37. The second kappa shape index (κ2) is 11.1. The van der Waals surface area contributed by atoms with Crippen LogP contribution in [-0.2, 0) is 22.4 Å². The monoisotopic (exact) mass is 545 g/mol. The fourth-order valence-corrected chi connectivity index (χ4v) is 4.49. The molecule has 2 aromatic heterocycles. The fraction of sp³-hybridized carbons (Fsp3) is 0.480. The summed E-state index contributed by atoms with van der Waals surface area (Å²) in [5.41, 5.74) is 1.71. The lowest BCUT2D eigenvalue weighted by atomic mass is 10.2. The average Bonchev–Trinajstić information content (AvgIpc) is 3.28. The lowest BCUT2D eigenvalue weighted by molar-refractivity contribution is -0.120. The van der Waals surface area contributed by atoms with E-state index in [-0.39, 0.29) is 42.1 Å². The molecule has 0 unspecified atom stereocenters. The molecule has 0 aliphatic carbocycles. The average molecular weight is 546 g/mol. The highest BCUT2D eigenvalue weighted by molar-refractivity contribution is 6.74. The van der Waals surface area contributed by atoms with Crippen molar-refractivity contribution >= 4 is 20.0 Å². The van der Waals surface area contributed by atoms with Gasteiger partial charge in [-0.15, -0.1) is 15.3 Å². The number of benzene rings is 1. The molecule has 4 rings (SSSR count). The fourth-order valence-electron chi connectivity index (χ4n) is 3.56. The second-order valence-electron chi connectivity index (χ2n) is 10.6. The molecule has 1 saturated heterocycles. The maximum atomic E-state index is 13.1. The summed E-state index contributed by atoms with van der Waals surface area (Å²) in [4.78, 5) is 13.5. The number of anilines is 1. The highest BCUT2D eigenvalue weighted by atomic mass is 28.4. The second-order valence-corrected chi connectivity index (χ2v) is 15.4. The van der Waals surface area contributed by atoms with Crippen LogP contribution in [0.1, 0.15) is 44.1 Å². The lowest BCUT2D eigenvalue weighted by Crippen LogP contribution is -2.48. The predicted octanol–water partition coefficient (Wildman–Crippen LogP) is 4.03. The van der Waals surface area contributed by atoms with Crippen LogP contribution in [0.3, 0.4) is 0 Å². The topological polar surface area (TPSA) is 107 Å². The molecule has 1 aliphatic rings. The van der Waals surface area contributed by atoms with Crippen LogP contribution in [0.2, 0.25) is 18.1 Å². The Morgan fingerprint density at radius 3 is 2.39 bits per heavy atom. The van der Waals surface area contributed by atoms with Gasteiger partial charge in [-0.05, 0) is 36.3 Å². The summed E-state index contributed by atoms with van der Waals surface area (Å²) in [5.74, 6) is 0.807. The van der Waals surface area contributed by atoms with E-state index in [1.807, 2.05) is 4.90 Å². The van der Waals surface area contributed by atoms with Gasteiger partial charge >= 0.3 is 0 Å². The van der Waals surface area contributed by atoms with Crippen LogP contribution >= 0.6 is 0 Å². The zero-order valence-corrected chi connectivity index (χ0v) is 23.2. The number of hydrogen-bond donors (Lipinski definition) is 1. The van der Waals surface area contributed by atoms with Crippen molar-refractivity contribution in [3.8, 4) is 11.6 Å². The zero-order valence-electron chi connectivity index (χ0n) is 22.2. The van der Waals surface area contributed by atoms with Gasteiger partial charge in [-0.25, -0.2) is 13.5 Å². The molecule has 1 fully saturated rings. The molecule has 13 heteroatoms. The summed E-state index contributed by atoms with van der Waals surface area (Å²) in [6.45, 7) is 12.5. The van der Waals surface area contributed by atoms with Crippen molar-refractivity contribution in [3.63, 3.8) is 0 Å². The Balaban J connectivity index is 1.55. The largest absolute Gasteiger partial charge is 0.470 e. The molecule has 1 amide bonds. The number of piperazine rings is 1. The van der Waals surface area contributed by atoms with Crippen LogP contribution in [0.25, 0.3) is 5.69 Å². The first-order chi connectivity index (χ1) is 17.9. The van der Waals surface area contributed by atoms with E-state index in [4.69, 9.17) is 9.16 Å². The van der Waals surface area contributed by atoms with Gasteiger partial charge in [0.25, 0.3) is 6.43 Å². The molecule has 0 bridgehead atoms. The van der Waals surface area contributed by atoms with Gasteiger partial charge in [-0.2, -0.15) is 0 Å². The van der Waals surface area contributed by atoms with E-state index >= 15 is 0 Å². The van der Waals surface area contributed by atoms with Crippen molar-refractivity contribution in [1.29, 1.82) is 0 Å². The number of carbonyl (C=O) groups is 1. The van der Waals surface area contributed by atoms with Gasteiger partial charge in [0.2, 0.25) is 11.8 Å². The van der Waals surface area contributed by atoms with Gasteiger partial charge in [0, 0.05) is 24.7 Å². The minimum Gasteiger partial charge on any atom is -0.470 e. The molecule has 0 spiro atoms. The van der Waals surface area contributed by atoms with Crippen LogP contribution in [0.15, 0.2) is 36.4 Å². The van der Waals surface area contributed by atoms with Crippen molar-refractivity contribution in [3.05, 3.63) is 53.3 Å². The van der Waals surface area contributed by atoms with Gasteiger partial charge < -0.3 is 19.4 Å². The van der Waals surface area contributed by atoms with Gasteiger partial charge in [0.05, 0.1) is 18.8 Å². The minimum absolute atomic E-state index is 0.0110. The van der Waals surface area contributed by atoms with E-state index in [0.717, 1.165) is 0 Å². The van der Waals surface area contributed by atoms with Crippen LogP contribution < -0.4 is 15.0 Å². The molecule has 1 aliphatic heterocycles. The van der Waals surface area contributed by atoms with E-state index in [1.165, 1.54) is 12.1 Å². The highest BCUT2D eigenvalue weighted by Gasteiger charge is 2.37. The molecule has 1 N–H and O–H groups in total. The summed E-state index contributed by atoms with van der Waals surface area (Å²) >= 11 is 0. The number of nitrogens with one attached hydrogen (secondary N) is 1. The Hall–Kier alpha value is -3.45. The number of hydrogen-bond acceptors (Lipinski definition) is 8. The number of alkyl halides is 2. The summed E-state index contributed by atoms with van der Waals surface area (Å²) in [6, 6.07) is 9.31. The molecule has 0 saturated carbocycles. The Kier molecular flexibility index (Phi) is 8.07. The van der Waals surface area contributed by atoms with Crippen molar-refractivity contribution in [2.24, 2.45) is 0 Å². The van der Waals surface area contributed by atoms with Crippen LogP contribution in [0.5, 0.6) is 5.88 Å². The quantitative estimate of drug-likeness (QED) is 0.402. The molecule has 1 aromatic carbocycles. The Bertz CT molecular complexity index is 1250. The van der Waals surface area contributed by atoms with Gasteiger partial charge in [-0.3, -0.25) is 4.79 Å². The third-order valence-corrected chi connectivity index (χ3v) is 11.4. The number of carbonyl (C=O) groups excluding carboxylic acids is 1. The Morgan fingerprint density at radius 2 is 1.79 bits per heavy atom. The molecule has 0 radical (unpaired) electrons. The van der Waals surface area contributed by atoms with Crippen molar-refractivity contribution < 1.29 is 22.7 Å². The third kappa shape index (κ3) is 6.33. The van der Waals surface area contributed by atoms with E-state index in [1.54, 1.807) is 28.9 Å². The lowest BCUT2D eigenvalue weighted by Gasteiger charge is -2.35. The summed E-state index contributed by atoms with van der Waals surface area (Å²) in [7, 11) is -2.07. The smallest absolute Gasteiger partial charge is 0.263 e. The van der Waals surface area contributed by atoms with Gasteiger partial charge in [-0.1, -0.05) is 38.1 Å².